The monoisotopic (exact) mass is 392 g/mol. The van der Waals surface area contributed by atoms with Gasteiger partial charge in [0.15, 0.2) is 0 Å². The molecule has 0 fully saturated rings. The van der Waals surface area contributed by atoms with Gasteiger partial charge in [-0.1, -0.05) is 54.6 Å². The van der Waals surface area contributed by atoms with Crippen LogP contribution in [0.25, 0.3) is 22.3 Å². The van der Waals surface area contributed by atoms with Gasteiger partial charge < -0.3 is 16.2 Å². The Morgan fingerprint density at radius 2 is 1.60 bits per heavy atom. The number of hydrogen-bond donors (Lipinski definition) is 3. The molecule has 0 saturated heterocycles. The summed E-state index contributed by atoms with van der Waals surface area (Å²) in [5.74, 6) is -0.299. The maximum absolute atomic E-state index is 12.6. The van der Waals surface area contributed by atoms with Crippen molar-refractivity contribution in [3.8, 4) is 28.0 Å². The van der Waals surface area contributed by atoms with E-state index in [4.69, 9.17) is 5.73 Å². The van der Waals surface area contributed by atoms with E-state index < -0.39 is 0 Å². The highest BCUT2D eigenvalue weighted by molar-refractivity contribution is 6.05. The summed E-state index contributed by atoms with van der Waals surface area (Å²) in [7, 11) is 0. The van der Waals surface area contributed by atoms with E-state index in [1.807, 2.05) is 18.2 Å². The molecule has 0 atom stereocenters. The second-order valence-electron chi connectivity index (χ2n) is 7.48. The summed E-state index contributed by atoms with van der Waals surface area (Å²) < 4.78 is 0. The van der Waals surface area contributed by atoms with Crippen LogP contribution >= 0.6 is 0 Å². The summed E-state index contributed by atoms with van der Waals surface area (Å²) >= 11 is 0. The molecular formula is C26H20N2O2. The maximum Gasteiger partial charge on any atom is 0.255 e. The van der Waals surface area contributed by atoms with E-state index in [0.717, 1.165) is 17.5 Å². The number of nitrogens with two attached hydrogens (primary N) is 1. The molecule has 5 rings (SSSR count). The minimum Gasteiger partial charge on any atom is -0.506 e. The third-order valence-electron chi connectivity index (χ3n) is 5.56. The van der Waals surface area contributed by atoms with Gasteiger partial charge >= 0.3 is 0 Å². The lowest BCUT2D eigenvalue weighted by atomic mass is 9.95. The van der Waals surface area contributed by atoms with Crippen LogP contribution in [0.15, 0.2) is 84.9 Å². The number of aromatic hydroxyl groups is 1. The standard InChI is InChI=1S/C26H20N2O2/c27-19-7-3-6-18(13-19)26(30)28-24-15-17(11-12-25(24)29)21-9-4-10-22-20-8-2-1-5-16(20)14-23(21)22/h1-13,15,29H,14,27H2,(H,28,30). The lowest BCUT2D eigenvalue weighted by Crippen LogP contribution is -2.12. The lowest BCUT2D eigenvalue weighted by Gasteiger charge is -2.13. The van der Waals surface area contributed by atoms with Gasteiger partial charge in [0.1, 0.15) is 5.75 Å². The zero-order valence-corrected chi connectivity index (χ0v) is 16.2. The van der Waals surface area contributed by atoms with Crippen LogP contribution in [0, 0.1) is 0 Å². The minimum absolute atomic E-state index is 0.0202. The zero-order valence-electron chi connectivity index (χ0n) is 16.2. The van der Waals surface area contributed by atoms with E-state index in [0.29, 0.717) is 16.9 Å². The van der Waals surface area contributed by atoms with Gasteiger partial charge in [-0.15, -0.1) is 0 Å². The average Bonchev–Trinajstić information content (AvgIpc) is 3.14. The van der Waals surface area contributed by atoms with Crippen LogP contribution in [-0.4, -0.2) is 11.0 Å². The lowest BCUT2D eigenvalue weighted by molar-refractivity contribution is 0.102. The SMILES string of the molecule is Nc1cccc(C(=O)Nc2cc(-c3cccc4c3Cc3ccccc3-4)ccc2O)c1. The van der Waals surface area contributed by atoms with Crippen molar-refractivity contribution in [2.45, 2.75) is 6.42 Å². The maximum atomic E-state index is 12.6. The van der Waals surface area contributed by atoms with E-state index >= 15 is 0 Å². The molecule has 4 nitrogen and oxygen atoms in total. The summed E-state index contributed by atoms with van der Waals surface area (Å²) in [6.45, 7) is 0. The van der Waals surface area contributed by atoms with Crippen molar-refractivity contribution in [1.29, 1.82) is 0 Å². The number of hydrogen-bond acceptors (Lipinski definition) is 3. The molecule has 0 bridgehead atoms. The zero-order chi connectivity index (χ0) is 20.7. The minimum atomic E-state index is -0.319. The normalized spacial score (nSPS) is 11.6. The van der Waals surface area contributed by atoms with Crippen molar-refractivity contribution in [2.75, 3.05) is 11.1 Å². The number of carbonyl (C=O) groups excluding carboxylic acids is 1. The largest absolute Gasteiger partial charge is 0.506 e. The summed E-state index contributed by atoms with van der Waals surface area (Å²) in [4.78, 5) is 12.6. The average molecular weight is 392 g/mol. The molecule has 0 unspecified atom stereocenters. The number of fused-ring (bicyclic) bond motifs is 3. The summed E-state index contributed by atoms with van der Waals surface area (Å²) in [5.41, 5.74) is 14.2. The molecule has 0 saturated carbocycles. The number of carbonyl (C=O) groups is 1. The van der Waals surface area contributed by atoms with Gasteiger partial charge in [0, 0.05) is 11.3 Å². The molecule has 0 aromatic heterocycles. The van der Waals surface area contributed by atoms with Crippen LogP contribution < -0.4 is 11.1 Å². The van der Waals surface area contributed by atoms with Gasteiger partial charge in [-0.25, -0.2) is 0 Å². The molecule has 4 aromatic rings. The van der Waals surface area contributed by atoms with E-state index in [1.54, 1.807) is 30.3 Å². The topological polar surface area (TPSA) is 75.4 Å². The van der Waals surface area contributed by atoms with Crippen molar-refractivity contribution < 1.29 is 9.90 Å². The van der Waals surface area contributed by atoms with Crippen LogP contribution in [0.5, 0.6) is 5.75 Å². The van der Waals surface area contributed by atoms with E-state index in [9.17, 15) is 9.90 Å². The number of phenolic OH excluding ortho intramolecular Hbond substituents is 1. The van der Waals surface area contributed by atoms with E-state index in [-0.39, 0.29) is 11.7 Å². The number of benzene rings is 4. The summed E-state index contributed by atoms with van der Waals surface area (Å²) in [5, 5.41) is 13.1. The number of nitrogen functional groups attached to an aromatic ring is 1. The van der Waals surface area contributed by atoms with Crippen LogP contribution in [0.1, 0.15) is 21.5 Å². The molecule has 4 N–H and O–H groups in total. The molecule has 0 aliphatic heterocycles. The smallest absolute Gasteiger partial charge is 0.255 e. The first-order valence-electron chi connectivity index (χ1n) is 9.80. The number of anilines is 2. The number of phenols is 1. The Morgan fingerprint density at radius 3 is 2.47 bits per heavy atom. The Labute approximate surface area is 174 Å². The predicted octanol–water partition coefficient (Wildman–Crippen LogP) is 5.46. The van der Waals surface area contributed by atoms with Crippen LogP contribution in [0.3, 0.4) is 0 Å². The van der Waals surface area contributed by atoms with Gasteiger partial charge in [-0.3, -0.25) is 4.79 Å². The number of nitrogens with one attached hydrogen (secondary N) is 1. The molecule has 0 heterocycles. The van der Waals surface area contributed by atoms with Gasteiger partial charge in [0.25, 0.3) is 5.91 Å². The van der Waals surface area contributed by atoms with Crippen LogP contribution in [-0.2, 0) is 6.42 Å². The first-order valence-corrected chi connectivity index (χ1v) is 9.80. The summed E-state index contributed by atoms with van der Waals surface area (Å²) in [6.07, 6.45) is 0.869. The molecule has 30 heavy (non-hydrogen) atoms. The highest BCUT2D eigenvalue weighted by atomic mass is 16.3. The molecule has 4 aromatic carbocycles. The van der Waals surface area contributed by atoms with Crippen molar-refractivity contribution in [3.63, 3.8) is 0 Å². The van der Waals surface area contributed by atoms with Gasteiger partial charge in [-0.05, 0) is 70.1 Å². The van der Waals surface area contributed by atoms with Crippen molar-refractivity contribution in [2.24, 2.45) is 0 Å². The Hall–Kier alpha value is -4.05. The van der Waals surface area contributed by atoms with Crippen LogP contribution in [0.2, 0.25) is 0 Å². The summed E-state index contributed by atoms with van der Waals surface area (Å²) in [6, 6.07) is 26.8. The molecular weight excluding hydrogens is 372 g/mol. The Morgan fingerprint density at radius 1 is 0.833 bits per heavy atom. The van der Waals surface area contributed by atoms with Gasteiger partial charge in [0.2, 0.25) is 0 Å². The second-order valence-corrected chi connectivity index (χ2v) is 7.48. The van der Waals surface area contributed by atoms with E-state index in [2.05, 4.69) is 41.7 Å². The van der Waals surface area contributed by atoms with Crippen LogP contribution in [0.4, 0.5) is 11.4 Å². The fraction of sp³-hybridized carbons (Fsp3) is 0.0385. The molecule has 0 spiro atoms. The van der Waals surface area contributed by atoms with Crippen molar-refractivity contribution >= 4 is 17.3 Å². The Kier molecular flexibility index (Phi) is 4.25. The highest BCUT2D eigenvalue weighted by Crippen LogP contribution is 2.42. The Balaban J connectivity index is 1.52. The third kappa shape index (κ3) is 3.08. The van der Waals surface area contributed by atoms with Crippen molar-refractivity contribution in [1.82, 2.24) is 0 Å². The molecule has 1 aliphatic rings. The first kappa shape index (κ1) is 18.0. The second kappa shape index (κ2) is 7.08. The fourth-order valence-corrected chi connectivity index (χ4v) is 4.11. The third-order valence-corrected chi connectivity index (χ3v) is 5.56. The number of rotatable bonds is 3. The Bertz CT molecular complexity index is 1290. The fourth-order valence-electron chi connectivity index (χ4n) is 4.11. The highest BCUT2D eigenvalue weighted by Gasteiger charge is 2.21. The molecule has 1 amide bonds. The number of amides is 1. The van der Waals surface area contributed by atoms with Gasteiger partial charge in [-0.2, -0.15) is 0 Å². The molecule has 1 aliphatic carbocycles. The molecule has 4 heteroatoms. The van der Waals surface area contributed by atoms with E-state index in [1.165, 1.54) is 22.3 Å². The predicted molar refractivity (Wildman–Crippen MR) is 121 cm³/mol. The quantitative estimate of drug-likeness (QED) is 0.282. The molecule has 146 valence electrons. The van der Waals surface area contributed by atoms with Crippen molar-refractivity contribution in [3.05, 3.63) is 102 Å². The molecule has 0 radical (unpaired) electrons. The van der Waals surface area contributed by atoms with Gasteiger partial charge in [0.05, 0.1) is 5.69 Å². The first-order chi connectivity index (χ1) is 14.6.